The van der Waals surface area contributed by atoms with Gasteiger partial charge in [-0.25, -0.2) is 4.98 Å². The number of allylic oxidation sites excluding steroid dienone is 2. The van der Waals surface area contributed by atoms with Crippen LogP contribution in [0.1, 0.15) is 64.0 Å². The molecule has 1 aliphatic heterocycles. The van der Waals surface area contributed by atoms with E-state index in [2.05, 4.69) is 38.0 Å². The first-order valence-electron chi connectivity index (χ1n) is 11.4. The van der Waals surface area contributed by atoms with Gasteiger partial charge in [-0.1, -0.05) is 39.5 Å². The smallest absolute Gasteiger partial charge is 0.257 e. The number of methoxy groups -OCH3 is 1. The number of aromatic nitrogens is 2. The molecule has 34 heavy (non-hydrogen) atoms. The van der Waals surface area contributed by atoms with E-state index >= 15 is 0 Å². The Bertz CT molecular complexity index is 1240. The number of phenols is 1. The molecule has 1 unspecified atom stereocenters. The molecule has 3 N–H and O–H groups in total. The minimum atomic E-state index is -0.594. The highest BCUT2D eigenvalue weighted by molar-refractivity contribution is 14.1. The maximum atomic E-state index is 13.4. The van der Waals surface area contributed by atoms with Crippen molar-refractivity contribution in [2.24, 2.45) is 11.3 Å². The van der Waals surface area contributed by atoms with Gasteiger partial charge in [0.25, 0.3) is 5.56 Å². The number of H-pyrrole nitrogens is 1. The Morgan fingerprint density at radius 1 is 1.29 bits per heavy atom. The van der Waals surface area contributed by atoms with Crippen LogP contribution >= 0.6 is 34.4 Å². The van der Waals surface area contributed by atoms with Crippen molar-refractivity contribution in [1.82, 2.24) is 9.97 Å². The molecule has 1 aromatic heterocycles. The lowest BCUT2D eigenvalue weighted by Crippen LogP contribution is -2.37. The number of benzene rings is 1. The molecule has 2 heterocycles. The van der Waals surface area contributed by atoms with Crippen molar-refractivity contribution in [3.05, 3.63) is 48.5 Å². The summed E-state index contributed by atoms with van der Waals surface area (Å²) in [6.45, 7) is 8.48. The molecule has 2 aromatic rings. The number of fused-ring (bicyclic) bond motifs is 1. The predicted octanol–water partition coefficient (Wildman–Crippen LogP) is 5.43. The van der Waals surface area contributed by atoms with Crippen LogP contribution in [0, 0.1) is 14.9 Å². The zero-order chi connectivity index (χ0) is 24.8. The largest absolute Gasteiger partial charge is 0.504 e. The Morgan fingerprint density at radius 3 is 2.71 bits per heavy atom. The van der Waals surface area contributed by atoms with Gasteiger partial charge in [0.2, 0.25) is 0 Å². The first-order valence-corrected chi connectivity index (χ1v) is 13.4. The maximum absolute atomic E-state index is 13.4. The van der Waals surface area contributed by atoms with E-state index < -0.39 is 5.92 Å². The average molecular weight is 596 g/mol. The van der Waals surface area contributed by atoms with Gasteiger partial charge in [0.05, 0.1) is 16.2 Å². The van der Waals surface area contributed by atoms with E-state index in [0.29, 0.717) is 50.2 Å². The summed E-state index contributed by atoms with van der Waals surface area (Å²) in [7, 11) is 1.49. The molecule has 0 bridgehead atoms. The van der Waals surface area contributed by atoms with Gasteiger partial charge in [-0.05, 0) is 64.5 Å². The second-order valence-corrected chi connectivity index (χ2v) is 12.4. The number of thioether (sulfide) groups is 1. The maximum Gasteiger partial charge on any atom is 0.257 e. The van der Waals surface area contributed by atoms with E-state index in [1.54, 1.807) is 12.1 Å². The first kappa shape index (κ1) is 25.1. The van der Waals surface area contributed by atoms with Crippen molar-refractivity contribution in [3.8, 4) is 11.5 Å². The number of aromatic hydroxyl groups is 1. The number of ether oxygens (including phenoxy) is 1. The molecular formula is C25H30IN3O4S. The Morgan fingerprint density at radius 2 is 2.03 bits per heavy atom. The highest BCUT2D eigenvalue weighted by atomic mass is 127. The molecule has 0 spiro atoms. The van der Waals surface area contributed by atoms with Crippen LogP contribution < -0.4 is 15.6 Å². The van der Waals surface area contributed by atoms with Crippen LogP contribution in [0.25, 0.3) is 0 Å². The number of aromatic amines is 1. The van der Waals surface area contributed by atoms with Crippen LogP contribution in [0.5, 0.6) is 11.5 Å². The summed E-state index contributed by atoms with van der Waals surface area (Å²) in [4.78, 5) is 34.5. The van der Waals surface area contributed by atoms with Gasteiger partial charge in [-0.3, -0.25) is 9.59 Å². The number of nitrogens with one attached hydrogen (secondary N) is 2. The van der Waals surface area contributed by atoms with Crippen LogP contribution in [-0.4, -0.2) is 33.7 Å². The van der Waals surface area contributed by atoms with Crippen LogP contribution in [0.4, 0.5) is 5.82 Å². The molecular weight excluding hydrogens is 565 g/mol. The molecule has 0 saturated carbocycles. The number of ketones is 1. The SMILES string of the molecule is COc1cc(C2C3=C(CC(C)(C)CC3=O)Nc3nc(SCCC(C)C)[nH]c(=O)c32)cc(I)c1O. The lowest BCUT2D eigenvalue weighted by atomic mass is 9.69. The minimum Gasteiger partial charge on any atom is -0.504 e. The monoisotopic (exact) mass is 595 g/mol. The van der Waals surface area contributed by atoms with Crippen molar-refractivity contribution in [2.45, 2.75) is 58.0 Å². The van der Waals surface area contributed by atoms with Crippen LogP contribution in [0.2, 0.25) is 0 Å². The number of rotatable bonds is 6. The summed E-state index contributed by atoms with van der Waals surface area (Å²) in [6, 6.07) is 3.51. The zero-order valence-electron chi connectivity index (χ0n) is 20.0. The van der Waals surface area contributed by atoms with Gasteiger partial charge in [0, 0.05) is 29.4 Å². The Balaban J connectivity index is 1.89. The standard InChI is InChI=1S/C25H30IN3O4S/c1-12(2)6-7-34-24-28-22-20(23(32)29-24)18(13-8-14(26)21(31)17(9-13)33-5)19-15(27-22)10-25(3,4)11-16(19)30/h8-9,12,18,31H,6-7,10-11H2,1-5H3,(H2,27,28,29,32). The topological polar surface area (TPSA) is 104 Å². The summed E-state index contributed by atoms with van der Waals surface area (Å²) in [6.07, 6.45) is 2.10. The van der Waals surface area contributed by atoms with Gasteiger partial charge >= 0.3 is 0 Å². The number of hydrogen-bond acceptors (Lipinski definition) is 7. The molecule has 7 nitrogen and oxygen atoms in total. The minimum absolute atomic E-state index is 0.0197. The summed E-state index contributed by atoms with van der Waals surface area (Å²) < 4.78 is 5.96. The van der Waals surface area contributed by atoms with Crippen molar-refractivity contribution in [3.63, 3.8) is 0 Å². The van der Waals surface area contributed by atoms with Gasteiger partial charge in [-0.2, -0.15) is 0 Å². The number of phenolic OH excluding ortho intramolecular Hbond substituents is 1. The Kier molecular flexibility index (Phi) is 7.06. The molecule has 1 atom stereocenters. The number of carbonyl (C=O) groups excluding carboxylic acids is 1. The highest BCUT2D eigenvalue weighted by Gasteiger charge is 2.42. The van der Waals surface area contributed by atoms with Gasteiger partial charge < -0.3 is 20.1 Å². The van der Waals surface area contributed by atoms with Crippen LogP contribution in [0.15, 0.2) is 33.4 Å². The summed E-state index contributed by atoms with van der Waals surface area (Å²) in [5.41, 5.74) is 2.10. The number of hydrogen-bond donors (Lipinski definition) is 3. The lowest BCUT2D eigenvalue weighted by Gasteiger charge is -2.38. The van der Waals surface area contributed by atoms with E-state index in [1.165, 1.54) is 18.9 Å². The summed E-state index contributed by atoms with van der Waals surface area (Å²) in [5, 5.41) is 14.3. The van der Waals surface area contributed by atoms with Gasteiger partial charge in [0.1, 0.15) is 5.82 Å². The average Bonchev–Trinajstić information content (AvgIpc) is 2.73. The van der Waals surface area contributed by atoms with E-state index in [9.17, 15) is 14.7 Å². The lowest BCUT2D eigenvalue weighted by molar-refractivity contribution is -0.118. The molecule has 1 aliphatic carbocycles. The van der Waals surface area contributed by atoms with E-state index in [0.717, 1.165) is 23.4 Å². The molecule has 1 aromatic carbocycles. The molecule has 2 aliphatic rings. The van der Waals surface area contributed by atoms with E-state index in [4.69, 9.17) is 9.72 Å². The van der Waals surface area contributed by atoms with Crippen molar-refractivity contribution >= 4 is 46.0 Å². The molecule has 9 heteroatoms. The first-order chi connectivity index (χ1) is 16.0. The summed E-state index contributed by atoms with van der Waals surface area (Å²) >= 11 is 3.56. The Labute approximate surface area is 217 Å². The van der Waals surface area contributed by atoms with E-state index in [1.807, 2.05) is 22.6 Å². The fraction of sp³-hybridized carbons (Fsp3) is 0.480. The van der Waals surface area contributed by atoms with Crippen LogP contribution in [0.3, 0.4) is 0 Å². The Hall–Kier alpha value is -2.01. The molecule has 0 fully saturated rings. The number of halogens is 1. The normalized spacial score (nSPS) is 19.0. The number of carbonyl (C=O) groups is 1. The third kappa shape index (κ3) is 4.86. The third-order valence-corrected chi connectivity index (χ3v) is 7.97. The third-order valence-electron chi connectivity index (χ3n) is 6.24. The molecule has 182 valence electrons. The predicted molar refractivity (Wildman–Crippen MR) is 143 cm³/mol. The summed E-state index contributed by atoms with van der Waals surface area (Å²) in [5.74, 6) is 1.68. The zero-order valence-corrected chi connectivity index (χ0v) is 23.0. The van der Waals surface area contributed by atoms with Gasteiger partial charge in [-0.15, -0.1) is 0 Å². The second kappa shape index (κ2) is 9.56. The number of nitrogens with zero attached hydrogens (tertiary/aromatic N) is 1. The van der Waals surface area contributed by atoms with Gasteiger partial charge in [0.15, 0.2) is 22.4 Å². The van der Waals surface area contributed by atoms with Crippen LogP contribution in [-0.2, 0) is 4.79 Å². The number of anilines is 1. The molecule has 0 saturated heterocycles. The fourth-order valence-electron chi connectivity index (χ4n) is 4.60. The molecule has 4 rings (SSSR count). The second-order valence-electron chi connectivity index (χ2n) is 10.1. The molecule has 0 radical (unpaired) electrons. The number of Topliss-reactive ketones (excluding diaryl/α,β-unsaturated/α-hetero) is 1. The van der Waals surface area contributed by atoms with Crippen molar-refractivity contribution < 1.29 is 14.6 Å². The quantitative estimate of drug-likeness (QED) is 0.233. The van der Waals surface area contributed by atoms with Crippen molar-refractivity contribution in [1.29, 1.82) is 0 Å². The van der Waals surface area contributed by atoms with E-state index in [-0.39, 0.29) is 22.5 Å². The fourth-order valence-corrected chi connectivity index (χ4v) is 6.33. The molecule has 0 amide bonds. The highest BCUT2D eigenvalue weighted by Crippen LogP contribution is 2.49. The van der Waals surface area contributed by atoms with Crippen molar-refractivity contribution in [2.75, 3.05) is 18.2 Å².